The molecule has 1 aromatic heterocycles. The number of nitrogens with zero attached hydrogens (tertiary/aromatic N) is 1. The predicted molar refractivity (Wildman–Crippen MR) is 77.1 cm³/mol. The van der Waals surface area contributed by atoms with E-state index in [2.05, 4.69) is 27.2 Å². The molecule has 0 spiro atoms. The molecule has 0 atom stereocenters. The van der Waals surface area contributed by atoms with Gasteiger partial charge in [0.25, 0.3) is 0 Å². The topological polar surface area (TPSA) is 62.6 Å². The van der Waals surface area contributed by atoms with Crippen LogP contribution in [0.15, 0.2) is 20.0 Å². The molecule has 0 aliphatic rings. The maximum atomic E-state index is 12.4. The molecular formula is C12H17BrN2O3S. The highest BCUT2D eigenvalue weighted by Crippen LogP contribution is 2.28. The summed E-state index contributed by atoms with van der Waals surface area (Å²) in [5, 5.41) is 3.07. The molecule has 1 N–H and O–H groups in total. The first kappa shape index (κ1) is 16.2. The van der Waals surface area contributed by atoms with E-state index in [0.717, 1.165) is 6.54 Å². The average molecular weight is 349 g/mol. The molecule has 1 aromatic rings. The van der Waals surface area contributed by atoms with E-state index in [9.17, 15) is 8.42 Å². The number of hydrogen-bond acceptors (Lipinski definition) is 4. The van der Waals surface area contributed by atoms with E-state index in [4.69, 9.17) is 10.8 Å². The number of halogens is 1. The van der Waals surface area contributed by atoms with Crippen molar-refractivity contribution in [3.05, 3.63) is 16.5 Å². The van der Waals surface area contributed by atoms with Crippen molar-refractivity contribution < 1.29 is 12.8 Å². The molecule has 0 saturated carbocycles. The Morgan fingerprint density at radius 1 is 1.53 bits per heavy atom. The predicted octanol–water partition coefficient (Wildman–Crippen LogP) is 1.80. The van der Waals surface area contributed by atoms with Gasteiger partial charge in [-0.3, -0.25) is 0 Å². The first-order chi connectivity index (χ1) is 8.97. The zero-order valence-electron chi connectivity index (χ0n) is 10.9. The summed E-state index contributed by atoms with van der Waals surface area (Å²) in [5.74, 6) is 2.90. The van der Waals surface area contributed by atoms with Crippen LogP contribution in [0.5, 0.6) is 0 Å². The number of rotatable bonds is 7. The van der Waals surface area contributed by atoms with Crippen molar-refractivity contribution in [1.29, 1.82) is 0 Å². The van der Waals surface area contributed by atoms with Crippen LogP contribution in [0.2, 0.25) is 0 Å². The minimum Gasteiger partial charge on any atom is -0.452 e. The van der Waals surface area contributed by atoms with Crippen LogP contribution < -0.4 is 5.32 Å². The Morgan fingerprint density at radius 3 is 2.74 bits per heavy atom. The molecule has 19 heavy (non-hydrogen) atoms. The Morgan fingerprint density at radius 2 is 2.21 bits per heavy atom. The second-order valence-electron chi connectivity index (χ2n) is 3.77. The van der Waals surface area contributed by atoms with Crippen LogP contribution in [0.25, 0.3) is 0 Å². The fourth-order valence-corrected chi connectivity index (χ4v) is 3.84. The fraction of sp³-hybridized carbons (Fsp3) is 0.500. The van der Waals surface area contributed by atoms with Crippen LogP contribution in [0, 0.1) is 12.3 Å². The van der Waals surface area contributed by atoms with Gasteiger partial charge in [0.05, 0.1) is 13.1 Å². The fourth-order valence-electron chi connectivity index (χ4n) is 1.52. The Hall–Kier alpha value is -0.810. The van der Waals surface area contributed by atoms with Crippen molar-refractivity contribution in [1.82, 2.24) is 9.62 Å². The lowest BCUT2D eigenvalue weighted by molar-refractivity contribution is 0.451. The summed E-state index contributed by atoms with van der Waals surface area (Å²) in [6, 6.07) is 1.52. The van der Waals surface area contributed by atoms with E-state index in [-0.39, 0.29) is 16.1 Å². The lowest BCUT2D eigenvalue weighted by Gasteiger charge is -2.16. The largest absolute Gasteiger partial charge is 0.452 e. The first-order valence-electron chi connectivity index (χ1n) is 5.89. The third-order valence-electron chi connectivity index (χ3n) is 2.49. The quantitative estimate of drug-likeness (QED) is 0.763. The van der Waals surface area contributed by atoms with Crippen LogP contribution in [-0.4, -0.2) is 32.4 Å². The molecule has 0 bridgehead atoms. The molecule has 0 unspecified atom stereocenters. The number of furan rings is 1. The summed E-state index contributed by atoms with van der Waals surface area (Å²) in [7, 11) is -3.63. The van der Waals surface area contributed by atoms with Gasteiger partial charge in [-0.1, -0.05) is 19.8 Å². The van der Waals surface area contributed by atoms with Crippen molar-refractivity contribution in [2.24, 2.45) is 0 Å². The van der Waals surface area contributed by atoms with Gasteiger partial charge in [-0.15, -0.1) is 6.42 Å². The van der Waals surface area contributed by atoms with E-state index in [1.807, 2.05) is 6.92 Å². The van der Waals surface area contributed by atoms with E-state index in [1.54, 1.807) is 6.92 Å². The van der Waals surface area contributed by atoms with Crippen LogP contribution in [0.3, 0.4) is 0 Å². The zero-order valence-corrected chi connectivity index (χ0v) is 13.3. The Balaban J connectivity index is 3.07. The summed E-state index contributed by atoms with van der Waals surface area (Å²) in [4.78, 5) is 0.109. The van der Waals surface area contributed by atoms with Crippen LogP contribution in [0.4, 0.5) is 0 Å². The molecule has 0 amide bonds. The summed E-state index contributed by atoms with van der Waals surface area (Å²) in [6.45, 7) is 5.31. The van der Waals surface area contributed by atoms with Gasteiger partial charge >= 0.3 is 0 Å². The first-order valence-corrected chi connectivity index (χ1v) is 8.13. The number of sulfonamides is 1. The van der Waals surface area contributed by atoms with Crippen LogP contribution in [0.1, 0.15) is 19.6 Å². The van der Waals surface area contributed by atoms with E-state index in [0.29, 0.717) is 18.8 Å². The minimum atomic E-state index is -3.63. The van der Waals surface area contributed by atoms with Crippen molar-refractivity contribution in [3.8, 4) is 12.3 Å². The van der Waals surface area contributed by atoms with Gasteiger partial charge in [-0.25, -0.2) is 8.42 Å². The van der Waals surface area contributed by atoms with Gasteiger partial charge in [0.1, 0.15) is 10.7 Å². The standard InChI is InChI=1S/C12H17BrN2O3S/c1-4-7-15(6-3)19(16,17)11-8-10(9-14-5-2)18-12(11)13/h1,8,14H,5-7,9H2,2-3H3. The molecular weight excluding hydrogens is 332 g/mol. The van der Waals surface area contributed by atoms with E-state index in [1.165, 1.54) is 10.4 Å². The second-order valence-corrected chi connectivity index (χ2v) is 6.39. The van der Waals surface area contributed by atoms with Crippen molar-refractivity contribution in [3.63, 3.8) is 0 Å². The van der Waals surface area contributed by atoms with Crippen LogP contribution >= 0.6 is 15.9 Å². The molecule has 0 fully saturated rings. The summed E-state index contributed by atoms with van der Waals surface area (Å²) < 4.78 is 31.6. The lowest BCUT2D eigenvalue weighted by Crippen LogP contribution is -2.31. The minimum absolute atomic E-state index is 0.0407. The van der Waals surface area contributed by atoms with Gasteiger partial charge in [0.2, 0.25) is 10.0 Å². The Labute approximate surface area is 122 Å². The Bertz CT molecular complexity index is 560. The Kier molecular flexibility index (Phi) is 6.07. The zero-order chi connectivity index (χ0) is 14.5. The summed E-state index contributed by atoms with van der Waals surface area (Å²) >= 11 is 3.14. The summed E-state index contributed by atoms with van der Waals surface area (Å²) in [6.07, 6.45) is 5.19. The number of nitrogens with one attached hydrogen (secondary N) is 1. The number of terminal acetylenes is 1. The lowest BCUT2D eigenvalue weighted by atomic mass is 10.4. The van der Waals surface area contributed by atoms with Gasteiger partial charge in [-0.05, 0) is 22.5 Å². The third kappa shape index (κ3) is 3.83. The maximum Gasteiger partial charge on any atom is 0.248 e. The second kappa shape index (κ2) is 7.10. The molecule has 1 rings (SSSR count). The monoisotopic (exact) mass is 348 g/mol. The van der Waals surface area contributed by atoms with Gasteiger partial charge < -0.3 is 9.73 Å². The molecule has 7 heteroatoms. The molecule has 106 valence electrons. The maximum absolute atomic E-state index is 12.4. The van der Waals surface area contributed by atoms with Gasteiger partial charge in [0.15, 0.2) is 4.67 Å². The molecule has 0 aliphatic carbocycles. The normalized spacial score (nSPS) is 11.7. The van der Waals surface area contributed by atoms with E-state index < -0.39 is 10.0 Å². The highest BCUT2D eigenvalue weighted by atomic mass is 79.9. The number of hydrogen-bond donors (Lipinski definition) is 1. The van der Waals surface area contributed by atoms with Gasteiger partial charge in [0, 0.05) is 12.6 Å². The SMILES string of the molecule is C#CCN(CC)S(=O)(=O)c1cc(CNCC)oc1Br. The smallest absolute Gasteiger partial charge is 0.248 e. The highest BCUT2D eigenvalue weighted by Gasteiger charge is 2.27. The highest BCUT2D eigenvalue weighted by molar-refractivity contribution is 9.10. The van der Waals surface area contributed by atoms with E-state index >= 15 is 0 Å². The molecule has 0 radical (unpaired) electrons. The van der Waals surface area contributed by atoms with Crippen molar-refractivity contribution >= 4 is 26.0 Å². The van der Waals surface area contributed by atoms with Crippen molar-refractivity contribution in [2.75, 3.05) is 19.6 Å². The van der Waals surface area contributed by atoms with Crippen LogP contribution in [-0.2, 0) is 16.6 Å². The third-order valence-corrected chi connectivity index (χ3v) is 5.27. The van der Waals surface area contributed by atoms with Crippen molar-refractivity contribution in [2.45, 2.75) is 25.3 Å². The summed E-state index contributed by atoms with van der Waals surface area (Å²) in [5.41, 5.74) is 0. The molecule has 0 aliphatic heterocycles. The molecule has 1 heterocycles. The van der Waals surface area contributed by atoms with Gasteiger partial charge in [-0.2, -0.15) is 4.31 Å². The molecule has 0 aromatic carbocycles. The molecule has 0 saturated heterocycles. The average Bonchev–Trinajstić information content (AvgIpc) is 2.75. The molecule has 5 nitrogen and oxygen atoms in total.